The molecule has 0 aromatic heterocycles. The molecular formula is C24H40IN5O2. The van der Waals surface area contributed by atoms with Crippen LogP contribution in [0.2, 0.25) is 0 Å². The fraction of sp³-hybridized carbons (Fsp3) is 0.667. The van der Waals surface area contributed by atoms with Gasteiger partial charge in [0.1, 0.15) is 5.75 Å². The predicted octanol–water partition coefficient (Wildman–Crippen LogP) is 2.75. The Morgan fingerprint density at radius 2 is 1.78 bits per heavy atom. The maximum atomic E-state index is 12.6. The first-order chi connectivity index (χ1) is 15.2. The van der Waals surface area contributed by atoms with Crippen LogP contribution < -0.4 is 15.4 Å². The van der Waals surface area contributed by atoms with Crippen LogP contribution in [0.5, 0.6) is 5.75 Å². The molecule has 1 saturated carbocycles. The molecule has 2 fully saturated rings. The second-order valence-electron chi connectivity index (χ2n) is 8.43. The van der Waals surface area contributed by atoms with Gasteiger partial charge in [-0.05, 0) is 43.9 Å². The molecule has 0 bridgehead atoms. The van der Waals surface area contributed by atoms with E-state index in [0.29, 0.717) is 11.8 Å². The van der Waals surface area contributed by atoms with Gasteiger partial charge in [-0.15, -0.1) is 24.0 Å². The van der Waals surface area contributed by atoms with Crippen molar-refractivity contribution in [2.45, 2.75) is 39.0 Å². The highest BCUT2D eigenvalue weighted by Gasteiger charge is 2.29. The fourth-order valence-corrected chi connectivity index (χ4v) is 4.39. The van der Waals surface area contributed by atoms with E-state index in [9.17, 15) is 4.79 Å². The van der Waals surface area contributed by atoms with Crippen molar-refractivity contribution in [1.82, 2.24) is 20.4 Å². The van der Waals surface area contributed by atoms with E-state index in [1.54, 1.807) is 7.11 Å². The molecule has 1 aliphatic heterocycles. The van der Waals surface area contributed by atoms with Crippen molar-refractivity contribution in [3.8, 4) is 5.75 Å². The molecule has 0 unspecified atom stereocenters. The Labute approximate surface area is 210 Å². The molecule has 2 N–H and O–H groups in total. The topological polar surface area (TPSA) is 69.2 Å². The van der Waals surface area contributed by atoms with Gasteiger partial charge in [-0.25, -0.2) is 0 Å². The first-order valence-electron chi connectivity index (χ1n) is 11.9. The number of aliphatic imine (C=N–C) groups is 1. The van der Waals surface area contributed by atoms with Crippen molar-refractivity contribution < 1.29 is 9.53 Å². The van der Waals surface area contributed by atoms with Crippen molar-refractivity contribution in [2.75, 3.05) is 59.5 Å². The molecule has 1 amide bonds. The van der Waals surface area contributed by atoms with E-state index in [1.165, 1.54) is 18.4 Å². The molecule has 2 aliphatic rings. The number of carbonyl (C=O) groups is 1. The van der Waals surface area contributed by atoms with Crippen LogP contribution in [0.15, 0.2) is 29.3 Å². The number of ether oxygens (including phenoxy) is 1. The minimum absolute atomic E-state index is 0. The van der Waals surface area contributed by atoms with Crippen LogP contribution in [0.25, 0.3) is 0 Å². The zero-order chi connectivity index (χ0) is 21.9. The van der Waals surface area contributed by atoms with Crippen LogP contribution in [0.1, 0.15) is 38.2 Å². The lowest BCUT2D eigenvalue weighted by atomic mass is 10.1. The van der Waals surface area contributed by atoms with Crippen LogP contribution in [0.3, 0.4) is 0 Å². The molecule has 180 valence electrons. The molecule has 7 nitrogen and oxygen atoms in total. The summed E-state index contributed by atoms with van der Waals surface area (Å²) < 4.78 is 5.21. The second kappa shape index (κ2) is 14.6. The molecule has 1 aromatic carbocycles. The lowest BCUT2D eigenvalue weighted by Gasteiger charge is -2.35. The van der Waals surface area contributed by atoms with Crippen LogP contribution in [0.4, 0.5) is 0 Å². The van der Waals surface area contributed by atoms with Gasteiger partial charge in [0.05, 0.1) is 13.7 Å². The van der Waals surface area contributed by atoms with E-state index >= 15 is 0 Å². The molecule has 8 heteroatoms. The summed E-state index contributed by atoms with van der Waals surface area (Å²) in [7, 11) is 1.69. The van der Waals surface area contributed by atoms with Gasteiger partial charge >= 0.3 is 0 Å². The maximum absolute atomic E-state index is 12.6. The minimum Gasteiger partial charge on any atom is -0.497 e. The Bertz CT molecular complexity index is 699. The number of rotatable bonds is 9. The fourth-order valence-electron chi connectivity index (χ4n) is 4.39. The van der Waals surface area contributed by atoms with Crippen molar-refractivity contribution in [3.05, 3.63) is 29.8 Å². The molecule has 1 aliphatic carbocycles. The van der Waals surface area contributed by atoms with Crippen molar-refractivity contribution >= 4 is 35.8 Å². The number of hydrogen-bond donors (Lipinski definition) is 2. The standard InChI is InChI=1S/C24H39N5O2.HI/c1-3-25-24(26-13-12-20-8-10-22(31-2)11-9-20)27-14-15-28-16-18-29(19-17-28)23(30)21-6-4-5-7-21;/h8-11,21H,3-7,12-19H2,1-2H3,(H2,25,26,27);1H. The van der Waals surface area contributed by atoms with Crippen LogP contribution >= 0.6 is 24.0 Å². The Hall–Kier alpha value is -1.55. The minimum atomic E-state index is 0. The molecule has 0 atom stereocenters. The SMILES string of the molecule is CCNC(=NCCN1CCN(C(=O)C2CCCC2)CC1)NCCc1ccc(OC)cc1.I. The number of hydrogen-bond acceptors (Lipinski definition) is 4. The van der Waals surface area contributed by atoms with Crippen molar-refractivity contribution in [3.63, 3.8) is 0 Å². The number of benzene rings is 1. The molecule has 3 rings (SSSR count). The van der Waals surface area contributed by atoms with Gasteiger partial charge < -0.3 is 20.3 Å². The average molecular weight is 558 g/mol. The highest BCUT2D eigenvalue weighted by atomic mass is 127. The number of carbonyl (C=O) groups excluding carboxylic acids is 1. The van der Waals surface area contributed by atoms with E-state index in [2.05, 4.69) is 39.5 Å². The van der Waals surface area contributed by atoms with E-state index in [4.69, 9.17) is 9.73 Å². The largest absolute Gasteiger partial charge is 0.497 e. The third-order valence-electron chi connectivity index (χ3n) is 6.28. The molecule has 1 heterocycles. The zero-order valence-corrected chi connectivity index (χ0v) is 22.0. The summed E-state index contributed by atoms with van der Waals surface area (Å²) in [5, 5.41) is 6.75. The number of halogens is 1. The number of nitrogens with zero attached hydrogens (tertiary/aromatic N) is 3. The normalized spacial score (nSPS) is 17.7. The highest BCUT2D eigenvalue weighted by molar-refractivity contribution is 14.0. The lowest BCUT2D eigenvalue weighted by molar-refractivity contribution is -0.137. The first-order valence-corrected chi connectivity index (χ1v) is 11.9. The van der Waals surface area contributed by atoms with Crippen LogP contribution in [0, 0.1) is 5.92 Å². The third kappa shape index (κ3) is 8.42. The zero-order valence-electron chi connectivity index (χ0n) is 19.6. The van der Waals surface area contributed by atoms with Gasteiger partial charge in [-0.1, -0.05) is 25.0 Å². The quantitative estimate of drug-likeness (QED) is 0.278. The molecule has 32 heavy (non-hydrogen) atoms. The lowest BCUT2D eigenvalue weighted by Crippen LogP contribution is -2.50. The van der Waals surface area contributed by atoms with E-state index in [1.807, 2.05) is 12.1 Å². The smallest absolute Gasteiger partial charge is 0.225 e. The Morgan fingerprint density at radius 3 is 2.41 bits per heavy atom. The summed E-state index contributed by atoms with van der Waals surface area (Å²) in [6.45, 7) is 9.08. The first kappa shape index (κ1) is 26.7. The summed E-state index contributed by atoms with van der Waals surface area (Å²) in [4.78, 5) is 21.8. The summed E-state index contributed by atoms with van der Waals surface area (Å²) in [5.74, 6) is 2.44. The number of amides is 1. The van der Waals surface area contributed by atoms with Crippen LogP contribution in [-0.4, -0.2) is 81.1 Å². The van der Waals surface area contributed by atoms with E-state index in [0.717, 1.165) is 83.3 Å². The number of piperazine rings is 1. The van der Waals surface area contributed by atoms with E-state index in [-0.39, 0.29) is 24.0 Å². The van der Waals surface area contributed by atoms with Gasteiger partial charge in [0, 0.05) is 51.7 Å². The second-order valence-corrected chi connectivity index (χ2v) is 8.43. The number of nitrogens with one attached hydrogen (secondary N) is 2. The molecule has 1 saturated heterocycles. The van der Waals surface area contributed by atoms with Gasteiger partial charge in [0.15, 0.2) is 5.96 Å². The number of guanidine groups is 1. The summed E-state index contributed by atoms with van der Waals surface area (Å²) in [6.07, 6.45) is 5.55. The summed E-state index contributed by atoms with van der Waals surface area (Å²) in [5.41, 5.74) is 1.27. The van der Waals surface area contributed by atoms with Gasteiger partial charge in [-0.3, -0.25) is 14.7 Å². The molecule has 1 aromatic rings. The summed E-state index contributed by atoms with van der Waals surface area (Å²) in [6, 6.07) is 8.19. The number of methoxy groups -OCH3 is 1. The third-order valence-corrected chi connectivity index (χ3v) is 6.28. The average Bonchev–Trinajstić information content (AvgIpc) is 3.34. The van der Waals surface area contributed by atoms with Gasteiger partial charge in [-0.2, -0.15) is 0 Å². The summed E-state index contributed by atoms with van der Waals surface area (Å²) >= 11 is 0. The molecular weight excluding hydrogens is 517 g/mol. The van der Waals surface area contributed by atoms with Crippen LogP contribution in [-0.2, 0) is 11.2 Å². The van der Waals surface area contributed by atoms with Gasteiger partial charge in [0.25, 0.3) is 0 Å². The molecule has 0 radical (unpaired) electrons. The Balaban J connectivity index is 0.00000363. The predicted molar refractivity (Wildman–Crippen MR) is 141 cm³/mol. The maximum Gasteiger partial charge on any atom is 0.225 e. The van der Waals surface area contributed by atoms with Gasteiger partial charge in [0.2, 0.25) is 5.91 Å². The monoisotopic (exact) mass is 557 g/mol. The Morgan fingerprint density at radius 1 is 1.09 bits per heavy atom. The van der Waals surface area contributed by atoms with Crippen molar-refractivity contribution in [1.29, 1.82) is 0 Å². The van der Waals surface area contributed by atoms with E-state index < -0.39 is 0 Å². The molecule has 0 spiro atoms. The Kier molecular flexibility index (Phi) is 12.2. The van der Waals surface area contributed by atoms with Crippen molar-refractivity contribution in [2.24, 2.45) is 10.9 Å². The highest BCUT2D eigenvalue weighted by Crippen LogP contribution is 2.26.